The van der Waals surface area contributed by atoms with E-state index < -0.39 is 0 Å². The molecular formula is C18H26Cl3N3. The standard InChI is InChI=1S/C18H24ClN3.2ClH/c1-13-15-7-3-4-8-16(15)21-17(18(13)19)12-22-9-5-6-14(11-22)10-20-2;;/h3-4,7-8,14,20H,5-6,9-12H2,1-2H3;2*1H. The molecule has 0 saturated carbocycles. The number of halogens is 3. The Morgan fingerprint density at radius 2 is 2.04 bits per heavy atom. The van der Waals surface area contributed by atoms with Crippen LogP contribution in [0.25, 0.3) is 10.9 Å². The fourth-order valence-corrected chi connectivity index (χ4v) is 3.69. The Balaban J connectivity index is 0.00000144. The Morgan fingerprint density at radius 3 is 2.79 bits per heavy atom. The molecule has 1 aromatic heterocycles. The minimum absolute atomic E-state index is 0. The van der Waals surface area contributed by atoms with Crippen LogP contribution in [-0.2, 0) is 6.54 Å². The van der Waals surface area contributed by atoms with Crippen LogP contribution in [0, 0.1) is 12.8 Å². The molecule has 1 saturated heterocycles. The maximum absolute atomic E-state index is 6.59. The van der Waals surface area contributed by atoms with Crippen LogP contribution in [0.15, 0.2) is 24.3 Å². The van der Waals surface area contributed by atoms with Crippen molar-refractivity contribution < 1.29 is 0 Å². The summed E-state index contributed by atoms with van der Waals surface area (Å²) in [5.41, 5.74) is 3.21. The summed E-state index contributed by atoms with van der Waals surface area (Å²) in [6.45, 7) is 6.31. The zero-order chi connectivity index (χ0) is 15.5. The molecule has 2 heterocycles. The van der Waals surface area contributed by atoms with Crippen molar-refractivity contribution in [3.05, 3.63) is 40.5 Å². The van der Waals surface area contributed by atoms with Gasteiger partial charge in [0, 0.05) is 18.5 Å². The van der Waals surface area contributed by atoms with Gasteiger partial charge in [-0.1, -0.05) is 29.8 Å². The molecule has 0 spiro atoms. The molecule has 0 aliphatic carbocycles. The minimum atomic E-state index is 0. The third-order valence-corrected chi connectivity index (χ3v) is 5.12. The van der Waals surface area contributed by atoms with Crippen LogP contribution in [0.1, 0.15) is 24.1 Å². The predicted molar refractivity (Wildman–Crippen MR) is 108 cm³/mol. The maximum Gasteiger partial charge on any atom is 0.0740 e. The monoisotopic (exact) mass is 389 g/mol. The topological polar surface area (TPSA) is 28.2 Å². The number of rotatable bonds is 4. The highest BCUT2D eigenvalue weighted by Gasteiger charge is 2.21. The second kappa shape index (κ2) is 9.79. The van der Waals surface area contributed by atoms with Crippen LogP contribution in [0.2, 0.25) is 5.02 Å². The van der Waals surface area contributed by atoms with Gasteiger partial charge in [0.25, 0.3) is 0 Å². The van der Waals surface area contributed by atoms with Gasteiger partial charge in [0.2, 0.25) is 0 Å². The summed E-state index contributed by atoms with van der Waals surface area (Å²) in [5.74, 6) is 0.735. The van der Waals surface area contributed by atoms with Crippen LogP contribution in [-0.4, -0.2) is 36.6 Å². The first kappa shape index (κ1) is 21.5. The molecule has 2 aromatic rings. The molecule has 0 amide bonds. The van der Waals surface area contributed by atoms with Gasteiger partial charge in [-0.05, 0) is 57.5 Å². The number of nitrogens with zero attached hydrogens (tertiary/aromatic N) is 2. The first-order valence-electron chi connectivity index (χ1n) is 8.09. The lowest BCUT2D eigenvalue weighted by Gasteiger charge is -2.32. The van der Waals surface area contributed by atoms with E-state index in [1.165, 1.54) is 12.8 Å². The van der Waals surface area contributed by atoms with Crippen molar-refractivity contribution in [1.82, 2.24) is 15.2 Å². The Kier molecular flexibility index (Phi) is 8.75. The van der Waals surface area contributed by atoms with Crippen molar-refractivity contribution in [3.63, 3.8) is 0 Å². The average Bonchev–Trinajstić information content (AvgIpc) is 2.53. The second-order valence-corrected chi connectivity index (χ2v) is 6.69. The highest BCUT2D eigenvalue weighted by molar-refractivity contribution is 6.32. The lowest BCUT2D eigenvalue weighted by molar-refractivity contribution is 0.165. The van der Waals surface area contributed by atoms with Gasteiger partial charge in [-0.3, -0.25) is 4.90 Å². The maximum atomic E-state index is 6.59. The number of benzene rings is 1. The van der Waals surface area contributed by atoms with Crippen LogP contribution >= 0.6 is 36.4 Å². The molecule has 3 nitrogen and oxygen atoms in total. The number of hydrogen-bond acceptors (Lipinski definition) is 3. The summed E-state index contributed by atoms with van der Waals surface area (Å²) < 4.78 is 0. The number of para-hydroxylation sites is 1. The molecule has 1 aromatic carbocycles. The number of pyridine rings is 1. The van der Waals surface area contributed by atoms with Gasteiger partial charge < -0.3 is 5.32 Å². The van der Waals surface area contributed by atoms with Crippen LogP contribution in [0.3, 0.4) is 0 Å². The van der Waals surface area contributed by atoms with Crippen molar-refractivity contribution in [2.45, 2.75) is 26.3 Å². The molecule has 6 heteroatoms. The molecule has 3 rings (SSSR count). The van der Waals surface area contributed by atoms with E-state index in [1.807, 2.05) is 19.2 Å². The Hall–Kier alpha value is -0.580. The van der Waals surface area contributed by atoms with E-state index in [0.717, 1.165) is 59.3 Å². The van der Waals surface area contributed by atoms with Gasteiger partial charge >= 0.3 is 0 Å². The van der Waals surface area contributed by atoms with Crippen molar-refractivity contribution >= 4 is 47.3 Å². The Morgan fingerprint density at radius 1 is 1.29 bits per heavy atom. The number of fused-ring (bicyclic) bond motifs is 1. The first-order chi connectivity index (χ1) is 10.7. The molecule has 1 unspecified atom stereocenters. The van der Waals surface area contributed by atoms with E-state index >= 15 is 0 Å². The van der Waals surface area contributed by atoms with Gasteiger partial charge in [0.15, 0.2) is 0 Å². The van der Waals surface area contributed by atoms with E-state index in [2.05, 4.69) is 29.3 Å². The number of hydrogen-bond donors (Lipinski definition) is 1. The van der Waals surface area contributed by atoms with Crippen molar-refractivity contribution in [2.75, 3.05) is 26.7 Å². The van der Waals surface area contributed by atoms with Gasteiger partial charge in [0.05, 0.1) is 16.2 Å². The van der Waals surface area contributed by atoms with Crippen molar-refractivity contribution in [2.24, 2.45) is 5.92 Å². The molecule has 1 aliphatic heterocycles. The number of aryl methyl sites for hydroxylation is 1. The Bertz CT molecular complexity index is 661. The minimum Gasteiger partial charge on any atom is -0.319 e. The van der Waals surface area contributed by atoms with Crippen LogP contribution in [0.5, 0.6) is 0 Å². The van der Waals surface area contributed by atoms with Crippen molar-refractivity contribution in [3.8, 4) is 0 Å². The van der Waals surface area contributed by atoms with Gasteiger partial charge in [-0.2, -0.15) is 0 Å². The quantitative estimate of drug-likeness (QED) is 0.834. The molecule has 0 bridgehead atoms. The number of aromatic nitrogens is 1. The molecule has 0 radical (unpaired) electrons. The fourth-order valence-electron chi connectivity index (χ4n) is 3.48. The number of nitrogens with one attached hydrogen (secondary N) is 1. The van der Waals surface area contributed by atoms with E-state index in [9.17, 15) is 0 Å². The predicted octanol–water partition coefficient (Wildman–Crippen LogP) is 4.47. The smallest absolute Gasteiger partial charge is 0.0740 e. The molecule has 134 valence electrons. The lowest BCUT2D eigenvalue weighted by atomic mass is 9.98. The summed E-state index contributed by atoms with van der Waals surface area (Å²) in [7, 11) is 2.03. The highest BCUT2D eigenvalue weighted by Crippen LogP contribution is 2.28. The number of piperidine rings is 1. The first-order valence-corrected chi connectivity index (χ1v) is 8.47. The van der Waals surface area contributed by atoms with E-state index in [0.29, 0.717) is 0 Å². The summed E-state index contributed by atoms with van der Waals surface area (Å²) >= 11 is 6.59. The molecule has 1 aliphatic rings. The summed E-state index contributed by atoms with van der Waals surface area (Å²) in [4.78, 5) is 7.31. The number of likely N-dealkylation sites (tertiary alicyclic amines) is 1. The lowest BCUT2D eigenvalue weighted by Crippen LogP contribution is -2.38. The molecule has 24 heavy (non-hydrogen) atoms. The zero-order valence-electron chi connectivity index (χ0n) is 14.2. The molecular weight excluding hydrogens is 365 g/mol. The SMILES string of the molecule is CNCC1CCCN(Cc2nc3ccccc3c(C)c2Cl)C1.Cl.Cl. The highest BCUT2D eigenvalue weighted by atomic mass is 35.5. The van der Waals surface area contributed by atoms with E-state index in [1.54, 1.807) is 0 Å². The summed E-state index contributed by atoms with van der Waals surface area (Å²) in [6, 6.07) is 8.25. The van der Waals surface area contributed by atoms with E-state index in [4.69, 9.17) is 16.6 Å². The third kappa shape index (κ3) is 4.74. The summed E-state index contributed by atoms with van der Waals surface area (Å²) in [5, 5.41) is 5.28. The van der Waals surface area contributed by atoms with Crippen LogP contribution < -0.4 is 5.32 Å². The normalized spacial score (nSPS) is 18.0. The molecule has 1 fully saturated rings. The molecule has 1 N–H and O–H groups in total. The average molecular weight is 391 g/mol. The Labute approximate surface area is 162 Å². The molecule has 1 atom stereocenters. The summed E-state index contributed by atoms with van der Waals surface area (Å²) in [6.07, 6.45) is 2.58. The largest absolute Gasteiger partial charge is 0.319 e. The second-order valence-electron chi connectivity index (χ2n) is 6.32. The van der Waals surface area contributed by atoms with E-state index in [-0.39, 0.29) is 24.8 Å². The van der Waals surface area contributed by atoms with Crippen molar-refractivity contribution in [1.29, 1.82) is 0 Å². The van der Waals surface area contributed by atoms with Gasteiger partial charge in [-0.25, -0.2) is 4.98 Å². The van der Waals surface area contributed by atoms with Crippen LogP contribution in [0.4, 0.5) is 0 Å². The third-order valence-electron chi connectivity index (χ3n) is 4.62. The van der Waals surface area contributed by atoms with Gasteiger partial charge in [0.1, 0.15) is 0 Å². The zero-order valence-corrected chi connectivity index (χ0v) is 16.6. The fraction of sp³-hybridized carbons (Fsp3) is 0.500. The van der Waals surface area contributed by atoms with Gasteiger partial charge in [-0.15, -0.1) is 24.8 Å².